The average molecular weight is 338 g/mol. The van der Waals surface area contributed by atoms with Crippen LogP contribution in [0.25, 0.3) is 0 Å². The Kier molecular flexibility index (Phi) is 6.25. The maximum Gasteiger partial charge on any atom is 0.241 e. The average Bonchev–Trinajstić information content (AvgIpc) is 2.28. The number of hydrogen-bond acceptors (Lipinski definition) is 2. The van der Waals surface area contributed by atoms with Gasteiger partial charge in [0, 0.05) is 11.0 Å². The molecular formula is C12H17BrFNO2S. The molecule has 0 atom stereocenters. The zero-order chi connectivity index (χ0) is 13.6. The molecule has 6 heteroatoms. The Morgan fingerprint density at radius 3 is 2.61 bits per heavy atom. The molecule has 0 aromatic heterocycles. The van der Waals surface area contributed by atoms with Crippen molar-refractivity contribution in [2.45, 2.75) is 37.5 Å². The van der Waals surface area contributed by atoms with Gasteiger partial charge in [-0.15, -0.1) is 0 Å². The van der Waals surface area contributed by atoms with Crippen LogP contribution in [0.15, 0.2) is 27.6 Å². The molecule has 3 nitrogen and oxygen atoms in total. The van der Waals surface area contributed by atoms with Crippen LogP contribution in [0.1, 0.15) is 32.6 Å². The van der Waals surface area contributed by atoms with Crippen LogP contribution in [0.5, 0.6) is 0 Å². The van der Waals surface area contributed by atoms with E-state index in [1.54, 1.807) is 0 Å². The molecule has 1 N–H and O–H groups in total. The van der Waals surface area contributed by atoms with Crippen molar-refractivity contribution >= 4 is 26.0 Å². The van der Waals surface area contributed by atoms with Gasteiger partial charge in [-0.25, -0.2) is 17.5 Å². The zero-order valence-electron chi connectivity index (χ0n) is 10.2. The van der Waals surface area contributed by atoms with Gasteiger partial charge in [0.05, 0.1) is 4.90 Å². The molecule has 102 valence electrons. The molecule has 0 spiro atoms. The van der Waals surface area contributed by atoms with Gasteiger partial charge in [-0.3, -0.25) is 0 Å². The lowest BCUT2D eigenvalue weighted by atomic mass is 10.2. The SMILES string of the molecule is CCCCCCNS(=O)(=O)c1ccc(F)cc1Br. The molecule has 1 rings (SSSR count). The number of nitrogens with one attached hydrogen (secondary N) is 1. The molecule has 0 fully saturated rings. The smallest absolute Gasteiger partial charge is 0.211 e. The molecular weight excluding hydrogens is 321 g/mol. The Labute approximate surface area is 116 Å². The van der Waals surface area contributed by atoms with Crippen molar-refractivity contribution in [1.82, 2.24) is 4.72 Å². The maximum atomic E-state index is 12.9. The number of hydrogen-bond donors (Lipinski definition) is 1. The molecule has 0 radical (unpaired) electrons. The van der Waals surface area contributed by atoms with Gasteiger partial charge in [0.1, 0.15) is 5.82 Å². The lowest BCUT2D eigenvalue weighted by Crippen LogP contribution is -2.25. The first-order valence-corrected chi connectivity index (χ1v) is 8.19. The van der Waals surface area contributed by atoms with Gasteiger partial charge in [0.25, 0.3) is 0 Å². The molecule has 0 saturated carbocycles. The van der Waals surface area contributed by atoms with E-state index in [9.17, 15) is 12.8 Å². The fraction of sp³-hybridized carbons (Fsp3) is 0.500. The van der Waals surface area contributed by atoms with E-state index in [1.807, 2.05) is 0 Å². The lowest BCUT2D eigenvalue weighted by molar-refractivity contribution is 0.572. The van der Waals surface area contributed by atoms with Crippen molar-refractivity contribution in [1.29, 1.82) is 0 Å². The second kappa shape index (κ2) is 7.21. The van der Waals surface area contributed by atoms with Crippen LogP contribution in [-0.2, 0) is 10.0 Å². The number of benzene rings is 1. The molecule has 0 aliphatic heterocycles. The molecule has 0 amide bonds. The zero-order valence-corrected chi connectivity index (χ0v) is 12.7. The minimum atomic E-state index is -3.56. The predicted molar refractivity (Wildman–Crippen MR) is 73.4 cm³/mol. The normalized spacial score (nSPS) is 11.7. The van der Waals surface area contributed by atoms with Crippen molar-refractivity contribution in [3.63, 3.8) is 0 Å². The third kappa shape index (κ3) is 4.66. The topological polar surface area (TPSA) is 46.2 Å². The number of sulfonamides is 1. The third-order valence-corrected chi connectivity index (χ3v) is 4.94. The van der Waals surface area contributed by atoms with E-state index in [4.69, 9.17) is 0 Å². The van der Waals surface area contributed by atoms with E-state index >= 15 is 0 Å². The van der Waals surface area contributed by atoms with Crippen LogP contribution in [-0.4, -0.2) is 15.0 Å². The van der Waals surface area contributed by atoms with Gasteiger partial charge in [-0.05, 0) is 40.5 Å². The van der Waals surface area contributed by atoms with Crippen LogP contribution in [0.2, 0.25) is 0 Å². The summed E-state index contributed by atoms with van der Waals surface area (Å²) >= 11 is 3.06. The molecule has 0 heterocycles. The van der Waals surface area contributed by atoms with Gasteiger partial charge < -0.3 is 0 Å². The van der Waals surface area contributed by atoms with E-state index in [1.165, 1.54) is 6.07 Å². The summed E-state index contributed by atoms with van der Waals surface area (Å²) < 4.78 is 39.5. The Balaban J connectivity index is 2.63. The Hall–Kier alpha value is -0.460. The van der Waals surface area contributed by atoms with Crippen molar-refractivity contribution < 1.29 is 12.8 Å². The van der Waals surface area contributed by atoms with E-state index in [2.05, 4.69) is 27.6 Å². The van der Waals surface area contributed by atoms with Crippen LogP contribution < -0.4 is 4.72 Å². The molecule has 0 aliphatic rings. The van der Waals surface area contributed by atoms with Crippen LogP contribution >= 0.6 is 15.9 Å². The molecule has 0 aliphatic carbocycles. The minimum absolute atomic E-state index is 0.0689. The molecule has 0 saturated heterocycles. The van der Waals surface area contributed by atoms with Crippen molar-refractivity contribution in [3.8, 4) is 0 Å². The summed E-state index contributed by atoms with van der Waals surface area (Å²) in [5.74, 6) is -0.469. The first kappa shape index (κ1) is 15.6. The highest BCUT2D eigenvalue weighted by molar-refractivity contribution is 9.10. The largest absolute Gasteiger partial charge is 0.241 e. The summed E-state index contributed by atoms with van der Waals surface area (Å²) in [6.45, 7) is 2.51. The minimum Gasteiger partial charge on any atom is -0.211 e. The lowest BCUT2D eigenvalue weighted by Gasteiger charge is -2.08. The summed E-state index contributed by atoms with van der Waals surface area (Å²) in [6, 6.07) is 3.54. The van der Waals surface area contributed by atoms with Crippen LogP contribution in [0.4, 0.5) is 4.39 Å². The summed E-state index contributed by atoms with van der Waals surface area (Å²) in [7, 11) is -3.56. The van der Waals surface area contributed by atoms with Gasteiger partial charge >= 0.3 is 0 Å². The van der Waals surface area contributed by atoms with Crippen molar-refractivity contribution in [3.05, 3.63) is 28.5 Å². The van der Waals surface area contributed by atoms with Gasteiger partial charge in [-0.1, -0.05) is 26.2 Å². The molecule has 1 aromatic rings. The second-order valence-corrected chi connectivity index (χ2v) is 6.62. The highest BCUT2D eigenvalue weighted by atomic mass is 79.9. The molecule has 0 unspecified atom stereocenters. The second-order valence-electron chi connectivity index (χ2n) is 4.03. The first-order chi connectivity index (χ1) is 8.47. The van der Waals surface area contributed by atoms with Crippen molar-refractivity contribution in [2.24, 2.45) is 0 Å². The monoisotopic (exact) mass is 337 g/mol. The van der Waals surface area contributed by atoms with Gasteiger partial charge in [0.2, 0.25) is 10.0 Å². The van der Waals surface area contributed by atoms with Crippen LogP contribution in [0, 0.1) is 5.82 Å². The quantitative estimate of drug-likeness (QED) is 0.774. The number of unbranched alkanes of at least 4 members (excludes halogenated alkanes) is 3. The summed E-state index contributed by atoms with van der Waals surface area (Å²) in [6.07, 6.45) is 4.02. The van der Waals surface area contributed by atoms with Crippen molar-refractivity contribution in [2.75, 3.05) is 6.54 Å². The Morgan fingerprint density at radius 1 is 1.28 bits per heavy atom. The predicted octanol–water partition coefficient (Wildman–Crippen LogP) is 3.45. The summed E-state index contributed by atoms with van der Waals surface area (Å²) in [5, 5.41) is 0. The highest BCUT2D eigenvalue weighted by Crippen LogP contribution is 2.22. The first-order valence-electron chi connectivity index (χ1n) is 5.92. The Morgan fingerprint density at radius 2 is 2.00 bits per heavy atom. The fourth-order valence-corrected chi connectivity index (χ4v) is 3.65. The van der Waals surface area contributed by atoms with Gasteiger partial charge in [0.15, 0.2) is 0 Å². The molecule has 0 bridgehead atoms. The van der Waals surface area contributed by atoms with E-state index in [-0.39, 0.29) is 9.37 Å². The summed E-state index contributed by atoms with van der Waals surface area (Å²) in [5.41, 5.74) is 0. The third-order valence-electron chi connectivity index (χ3n) is 2.51. The highest BCUT2D eigenvalue weighted by Gasteiger charge is 2.17. The van der Waals surface area contributed by atoms with E-state index in [0.717, 1.165) is 37.8 Å². The number of halogens is 2. The maximum absolute atomic E-state index is 12.9. The Bertz CT molecular complexity index is 491. The van der Waals surface area contributed by atoms with Gasteiger partial charge in [-0.2, -0.15) is 0 Å². The molecule has 1 aromatic carbocycles. The van der Waals surface area contributed by atoms with Crippen LogP contribution in [0.3, 0.4) is 0 Å². The fourth-order valence-electron chi connectivity index (χ4n) is 1.53. The van der Waals surface area contributed by atoms with E-state index < -0.39 is 15.8 Å². The standard InChI is InChI=1S/C12H17BrFNO2S/c1-2-3-4-5-8-15-18(16,17)12-7-6-10(14)9-11(12)13/h6-7,9,15H,2-5,8H2,1H3. The van der Waals surface area contributed by atoms with E-state index in [0.29, 0.717) is 6.54 Å². The molecule has 18 heavy (non-hydrogen) atoms. The number of rotatable bonds is 7. The summed E-state index contributed by atoms with van der Waals surface area (Å²) in [4.78, 5) is 0.0689.